The Hall–Kier alpha value is -1.62. The van der Waals surface area contributed by atoms with Gasteiger partial charge in [-0.2, -0.15) is 0 Å². The van der Waals surface area contributed by atoms with Crippen molar-refractivity contribution >= 4 is 5.91 Å². The molecule has 0 aliphatic heterocycles. The fourth-order valence-electron chi connectivity index (χ4n) is 1.67. The average molecular weight is 251 g/mol. The first-order chi connectivity index (χ1) is 8.49. The third-order valence-corrected chi connectivity index (χ3v) is 2.67. The largest absolute Gasteiger partial charge is 0.478 e. The SMILES string of the molecule is CCc1nc(C)ccc1OC(C(=O)NN)C(C)C. The molecule has 1 rings (SSSR count). The number of aromatic nitrogens is 1. The van der Waals surface area contributed by atoms with Crippen LogP contribution in [0.15, 0.2) is 12.1 Å². The maximum absolute atomic E-state index is 11.6. The summed E-state index contributed by atoms with van der Waals surface area (Å²) in [5.74, 6) is 5.51. The summed E-state index contributed by atoms with van der Waals surface area (Å²) in [7, 11) is 0. The van der Waals surface area contributed by atoms with Gasteiger partial charge >= 0.3 is 0 Å². The van der Waals surface area contributed by atoms with Gasteiger partial charge < -0.3 is 4.74 Å². The fraction of sp³-hybridized carbons (Fsp3) is 0.538. The number of nitrogens with one attached hydrogen (secondary N) is 1. The molecular formula is C13H21N3O2. The molecule has 100 valence electrons. The van der Waals surface area contributed by atoms with Crippen molar-refractivity contribution in [2.75, 3.05) is 0 Å². The van der Waals surface area contributed by atoms with Crippen LogP contribution in [0.3, 0.4) is 0 Å². The Morgan fingerprint density at radius 3 is 2.67 bits per heavy atom. The topological polar surface area (TPSA) is 77.2 Å². The van der Waals surface area contributed by atoms with Gasteiger partial charge in [0.25, 0.3) is 5.91 Å². The van der Waals surface area contributed by atoms with E-state index < -0.39 is 6.10 Å². The molecule has 1 heterocycles. The normalized spacial score (nSPS) is 12.3. The van der Waals surface area contributed by atoms with Crippen LogP contribution < -0.4 is 16.0 Å². The summed E-state index contributed by atoms with van der Waals surface area (Å²) in [6, 6.07) is 3.71. The fourth-order valence-corrected chi connectivity index (χ4v) is 1.67. The van der Waals surface area contributed by atoms with E-state index in [4.69, 9.17) is 10.6 Å². The third kappa shape index (κ3) is 3.43. The highest BCUT2D eigenvalue weighted by molar-refractivity contribution is 5.80. The van der Waals surface area contributed by atoms with Gasteiger partial charge in [0.05, 0.1) is 5.69 Å². The molecule has 0 aliphatic rings. The molecule has 0 bridgehead atoms. The number of carbonyl (C=O) groups excluding carboxylic acids is 1. The molecule has 5 nitrogen and oxygen atoms in total. The maximum Gasteiger partial charge on any atom is 0.275 e. The predicted octanol–water partition coefficient (Wildman–Crippen LogP) is 1.35. The molecule has 18 heavy (non-hydrogen) atoms. The molecule has 3 N–H and O–H groups in total. The van der Waals surface area contributed by atoms with E-state index in [0.29, 0.717) is 5.75 Å². The number of carbonyl (C=O) groups is 1. The zero-order chi connectivity index (χ0) is 13.7. The summed E-state index contributed by atoms with van der Waals surface area (Å²) in [5, 5.41) is 0. The van der Waals surface area contributed by atoms with E-state index in [1.807, 2.05) is 39.8 Å². The summed E-state index contributed by atoms with van der Waals surface area (Å²) in [4.78, 5) is 16.0. The Labute approximate surface area is 108 Å². The highest BCUT2D eigenvalue weighted by atomic mass is 16.5. The first-order valence-electron chi connectivity index (χ1n) is 6.13. The van der Waals surface area contributed by atoms with E-state index >= 15 is 0 Å². The number of amides is 1. The quantitative estimate of drug-likeness (QED) is 0.470. The van der Waals surface area contributed by atoms with Crippen molar-refractivity contribution in [1.29, 1.82) is 0 Å². The molecule has 1 aromatic rings. The van der Waals surface area contributed by atoms with E-state index in [1.165, 1.54) is 0 Å². The van der Waals surface area contributed by atoms with Crippen LogP contribution in [0.2, 0.25) is 0 Å². The number of nitrogens with two attached hydrogens (primary N) is 1. The first-order valence-corrected chi connectivity index (χ1v) is 6.13. The van der Waals surface area contributed by atoms with E-state index in [2.05, 4.69) is 10.4 Å². The number of ether oxygens (including phenoxy) is 1. The van der Waals surface area contributed by atoms with Crippen molar-refractivity contribution in [3.8, 4) is 5.75 Å². The van der Waals surface area contributed by atoms with E-state index in [9.17, 15) is 4.79 Å². The van der Waals surface area contributed by atoms with Crippen LogP contribution in [-0.4, -0.2) is 17.0 Å². The molecule has 0 fully saturated rings. The lowest BCUT2D eigenvalue weighted by atomic mass is 10.1. The summed E-state index contributed by atoms with van der Waals surface area (Å²) >= 11 is 0. The van der Waals surface area contributed by atoms with Crippen LogP contribution >= 0.6 is 0 Å². The Kier molecular flexibility index (Phi) is 5.09. The highest BCUT2D eigenvalue weighted by Gasteiger charge is 2.24. The van der Waals surface area contributed by atoms with Gasteiger partial charge in [-0.3, -0.25) is 15.2 Å². The molecular weight excluding hydrogens is 230 g/mol. The van der Waals surface area contributed by atoms with Gasteiger partial charge in [0.2, 0.25) is 0 Å². The molecule has 0 spiro atoms. The van der Waals surface area contributed by atoms with Crippen LogP contribution in [0.1, 0.15) is 32.2 Å². The molecule has 1 amide bonds. The summed E-state index contributed by atoms with van der Waals surface area (Å²) in [5.41, 5.74) is 3.92. The van der Waals surface area contributed by atoms with Crippen LogP contribution in [-0.2, 0) is 11.2 Å². The lowest BCUT2D eigenvalue weighted by molar-refractivity contribution is -0.129. The second kappa shape index (κ2) is 6.35. The zero-order valence-corrected chi connectivity index (χ0v) is 11.4. The number of hydrazine groups is 1. The molecule has 1 atom stereocenters. The van der Waals surface area contributed by atoms with Crippen LogP contribution in [0.25, 0.3) is 0 Å². The van der Waals surface area contributed by atoms with E-state index in [-0.39, 0.29) is 11.8 Å². The summed E-state index contributed by atoms with van der Waals surface area (Å²) < 4.78 is 5.75. The standard InChI is InChI=1S/C13H21N3O2/c1-5-10-11(7-6-9(4)15-10)18-12(8(2)3)13(17)16-14/h6-8,12H,5,14H2,1-4H3,(H,16,17). The lowest BCUT2D eigenvalue weighted by Crippen LogP contribution is -2.45. The Bertz CT molecular complexity index is 419. The van der Waals surface area contributed by atoms with Gasteiger partial charge in [-0.1, -0.05) is 20.8 Å². The summed E-state index contributed by atoms with van der Waals surface area (Å²) in [6.07, 6.45) is 0.149. The van der Waals surface area contributed by atoms with Crippen molar-refractivity contribution in [2.45, 2.75) is 40.2 Å². The Balaban J connectivity index is 2.97. The third-order valence-electron chi connectivity index (χ3n) is 2.67. The number of pyridine rings is 1. The van der Waals surface area contributed by atoms with Crippen molar-refractivity contribution < 1.29 is 9.53 Å². The molecule has 0 aromatic carbocycles. The zero-order valence-electron chi connectivity index (χ0n) is 11.4. The molecule has 0 saturated heterocycles. The van der Waals surface area contributed by atoms with Gasteiger partial charge in [-0.25, -0.2) is 5.84 Å². The Morgan fingerprint density at radius 2 is 2.17 bits per heavy atom. The van der Waals surface area contributed by atoms with E-state index in [0.717, 1.165) is 17.8 Å². The van der Waals surface area contributed by atoms with Gasteiger partial charge in [0.1, 0.15) is 5.75 Å². The number of hydrogen-bond acceptors (Lipinski definition) is 4. The highest BCUT2D eigenvalue weighted by Crippen LogP contribution is 2.21. The van der Waals surface area contributed by atoms with Crippen LogP contribution in [0.5, 0.6) is 5.75 Å². The minimum Gasteiger partial charge on any atom is -0.478 e. The Morgan fingerprint density at radius 1 is 1.50 bits per heavy atom. The minimum absolute atomic E-state index is 0.0274. The molecule has 0 radical (unpaired) electrons. The van der Waals surface area contributed by atoms with Crippen molar-refractivity contribution in [2.24, 2.45) is 11.8 Å². The maximum atomic E-state index is 11.6. The van der Waals surface area contributed by atoms with Crippen molar-refractivity contribution in [3.63, 3.8) is 0 Å². The molecule has 5 heteroatoms. The monoisotopic (exact) mass is 251 g/mol. The number of nitrogens with zero attached hydrogens (tertiary/aromatic N) is 1. The van der Waals surface area contributed by atoms with Gasteiger partial charge in [0.15, 0.2) is 6.10 Å². The number of hydrogen-bond donors (Lipinski definition) is 2. The van der Waals surface area contributed by atoms with Gasteiger partial charge in [0, 0.05) is 5.69 Å². The van der Waals surface area contributed by atoms with E-state index in [1.54, 1.807) is 0 Å². The second-order valence-corrected chi connectivity index (χ2v) is 4.54. The molecule has 0 aliphatic carbocycles. The second-order valence-electron chi connectivity index (χ2n) is 4.54. The number of rotatable bonds is 5. The van der Waals surface area contributed by atoms with Gasteiger partial charge in [-0.05, 0) is 31.4 Å². The van der Waals surface area contributed by atoms with Crippen LogP contribution in [0, 0.1) is 12.8 Å². The minimum atomic E-state index is -0.607. The summed E-state index contributed by atoms with van der Waals surface area (Å²) in [6.45, 7) is 7.75. The number of aryl methyl sites for hydroxylation is 2. The lowest BCUT2D eigenvalue weighted by Gasteiger charge is -2.22. The smallest absolute Gasteiger partial charge is 0.275 e. The molecule has 1 unspecified atom stereocenters. The molecule has 0 saturated carbocycles. The predicted molar refractivity (Wildman–Crippen MR) is 69.9 cm³/mol. The van der Waals surface area contributed by atoms with Crippen molar-refractivity contribution in [3.05, 3.63) is 23.5 Å². The molecule has 1 aromatic heterocycles. The van der Waals surface area contributed by atoms with Crippen molar-refractivity contribution in [1.82, 2.24) is 10.4 Å². The average Bonchev–Trinajstić information content (AvgIpc) is 2.35. The van der Waals surface area contributed by atoms with Gasteiger partial charge in [-0.15, -0.1) is 0 Å². The first kappa shape index (κ1) is 14.4. The van der Waals surface area contributed by atoms with Crippen LogP contribution in [0.4, 0.5) is 0 Å².